The molecule has 3 aromatic carbocycles. The van der Waals surface area contributed by atoms with Crippen molar-refractivity contribution in [1.29, 1.82) is 0 Å². The van der Waals surface area contributed by atoms with Gasteiger partial charge in [-0.05, 0) is 67.7 Å². The lowest BCUT2D eigenvalue weighted by atomic mass is 10.0. The summed E-state index contributed by atoms with van der Waals surface area (Å²) in [5.74, 6) is 1.59. The molecule has 5 heteroatoms. The van der Waals surface area contributed by atoms with Crippen molar-refractivity contribution < 1.29 is 4.74 Å². The van der Waals surface area contributed by atoms with Gasteiger partial charge in [0.2, 0.25) is 0 Å². The summed E-state index contributed by atoms with van der Waals surface area (Å²) in [5, 5.41) is 11.6. The fraction of sp³-hybridized carbons (Fsp3) is 0.0370. The molecule has 0 aliphatic heterocycles. The number of hydrogen-bond acceptors (Lipinski definition) is 4. The summed E-state index contributed by atoms with van der Waals surface area (Å²) < 4.78 is 5.93. The Kier molecular flexibility index (Phi) is 5.37. The number of aromatic amines is 1. The number of aromatic nitrogens is 3. The van der Waals surface area contributed by atoms with Crippen molar-refractivity contribution in [3.63, 3.8) is 0 Å². The van der Waals surface area contributed by atoms with Crippen LogP contribution in [-0.2, 0) is 0 Å². The van der Waals surface area contributed by atoms with E-state index in [0.29, 0.717) is 0 Å². The molecule has 0 fully saturated rings. The molecule has 0 bridgehead atoms. The van der Waals surface area contributed by atoms with E-state index in [9.17, 15) is 0 Å². The van der Waals surface area contributed by atoms with Crippen molar-refractivity contribution in [2.75, 3.05) is 5.32 Å². The summed E-state index contributed by atoms with van der Waals surface area (Å²) in [4.78, 5) is 4.99. The van der Waals surface area contributed by atoms with Crippen LogP contribution in [0.25, 0.3) is 33.4 Å². The van der Waals surface area contributed by atoms with E-state index >= 15 is 0 Å². The highest BCUT2D eigenvalue weighted by Crippen LogP contribution is 2.32. The number of benzene rings is 3. The lowest BCUT2D eigenvalue weighted by Crippen LogP contribution is -1.92. The van der Waals surface area contributed by atoms with Gasteiger partial charge in [0.1, 0.15) is 11.5 Å². The third kappa shape index (κ3) is 4.09. The lowest BCUT2D eigenvalue weighted by molar-refractivity contribution is 0.483. The molecule has 2 aromatic heterocycles. The molecule has 156 valence electrons. The topological polar surface area (TPSA) is 62.8 Å². The van der Waals surface area contributed by atoms with Crippen molar-refractivity contribution in [3.8, 4) is 34.0 Å². The molecule has 2 heterocycles. The molecule has 0 aliphatic carbocycles. The number of nitrogens with one attached hydrogen (secondary N) is 2. The van der Waals surface area contributed by atoms with Crippen LogP contribution in [0.15, 0.2) is 103 Å². The molecular formula is C27H22N4O. The molecule has 0 unspecified atom stereocenters. The molecule has 2 N–H and O–H groups in total. The number of fused-ring (bicyclic) bond motifs is 1. The zero-order valence-corrected chi connectivity index (χ0v) is 17.6. The number of allylic oxidation sites excluding steroid dienone is 1. The third-order valence-corrected chi connectivity index (χ3v) is 5.11. The number of nitrogens with zero attached hydrogens (tertiary/aromatic N) is 2. The number of para-hydroxylation sites is 1. The maximum absolute atomic E-state index is 5.93. The molecule has 0 aliphatic rings. The second-order valence-corrected chi connectivity index (χ2v) is 7.35. The zero-order valence-electron chi connectivity index (χ0n) is 17.6. The van der Waals surface area contributed by atoms with Crippen LogP contribution in [0.2, 0.25) is 0 Å². The van der Waals surface area contributed by atoms with E-state index in [1.165, 1.54) is 0 Å². The van der Waals surface area contributed by atoms with Crippen molar-refractivity contribution in [2.45, 2.75) is 6.92 Å². The van der Waals surface area contributed by atoms with Crippen molar-refractivity contribution in [1.82, 2.24) is 15.2 Å². The normalized spacial score (nSPS) is 11.2. The van der Waals surface area contributed by atoms with E-state index in [0.717, 1.165) is 50.6 Å². The first kappa shape index (κ1) is 19.6. The van der Waals surface area contributed by atoms with Crippen LogP contribution in [0.4, 0.5) is 5.69 Å². The fourth-order valence-electron chi connectivity index (χ4n) is 3.56. The summed E-state index contributed by atoms with van der Waals surface area (Å²) in [5.41, 5.74) is 5.70. The Morgan fingerprint density at radius 2 is 1.66 bits per heavy atom. The molecule has 0 saturated heterocycles. The van der Waals surface area contributed by atoms with E-state index < -0.39 is 0 Å². The molecule has 0 atom stereocenters. The first-order valence-corrected chi connectivity index (χ1v) is 10.5. The highest BCUT2D eigenvalue weighted by atomic mass is 16.5. The molecule has 0 radical (unpaired) electrons. The van der Waals surface area contributed by atoms with E-state index in [2.05, 4.69) is 33.7 Å². The van der Waals surface area contributed by atoms with Crippen LogP contribution in [0.3, 0.4) is 0 Å². The summed E-state index contributed by atoms with van der Waals surface area (Å²) in [7, 11) is 0. The Bertz CT molecular complexity index is 1370. The van der Waals surface area contributed by atoms with Gasteiger partial charge >= 0.3 is 0 Å². The number of anilines is 1. The van der Waals surface area contributed by atoms with Crippen LogP contribution in [0.1, 0.15) is 6.92 Å². The summed E-state index contributed by atoms with van der Waals surface area (Å²) in [6, 6.07) is 28.0. The van der Waals surface area contributed by atoms with E-state index in [-0.39, 0.29) is 0 Å². The van der Waals surface area contributed by atoms with Crippen molar-refractivity contribution in [2.24, 2.45) is 0 Å². The minimum absolute atomic E-state index is 0.778. The van der Waals surface area contributed by atoms with Gasteiger partial charge in [0, 0.05) is 22.2 Å². The van der Waals surface area contributed by atoms with Gasteiger partial charge < -0.3 is 10.1 Å². The second-order valence-electron chi connectivity index (χ2n) is 7.35. The molecular weight excluding hydrogens is 396 g/mol. The highest BCUT2D eigenvalue weighted by Gasteiger charge is 2.12. The van der Waals surface area contributed by atoms with Crippen LogP contribution in [0, 0.1) is 0 Å². The van der Waals surface area contributed by atoms with Crippen molar-refractivity contribution in [3.05, 3.63) is 103 Å². The molecule has 5 nitrogen and oxygen atoms in total. The molecule has 5 rings (SSSR count). The average Bonchev–Trinajstić information content (AvgIpc) is 3.32. The molecule has 0 spiro atoms. The predicted molar refractivity (Wildman–Crippen MR) is 130 cm³/mol. The second kappa shape index (κ2) is 8.78. The largest absolute Gasteiger partial charge is 0.457 e. The molecule has 32 heavy (non-hydrogen) atoms. The summed E-state index contributed by atoms with van der Waals surface area (Å²) >= 11 is 0. The third-order valence-electron chi connectivity index (χ3n) is 5.11. The molecule has 0 saturated carbocycles. The Labute approximate surface area is 186 Å². The lowest BCUT2D eigenvalue weighted by Gasteiger charge is -2.10. The number of ether oxygens (including phenoxy) is 1. The van der Waals surface area contributed by atoms with Crippen LogP contribution in [-0.4, -0.2) is 15.2 Å². The quantitative estimate of drug-likeness (QED) is 0.311. The van der Waals surface area contributed by atoms with Crippen LogP contribution < -0.4 is 10.1 Å². The van der Waals surface area contributed by atoms with Gasteiger partial charge in [-0.3, -0.25) is 5.10 Å². The minimum atomic E-state index is 0.778. The average molecular weight is 419 g/mol. The van der Waals surface area contributed by atoms with Crippen molar-refractivity contribution >= 4 is 16.6 Å². The summed E-state index contributed by atoms with van der Waals surface area (Å²) in [6.07, 6.45) is 5.71. The zero-order chi connectivity index (χ0) is 21.8. The van der Waals surface area contributed by atoms with Gasteiger partial charge in [-0.15, -0.1) is 0 Å². The monoisotopic (exact) mass is 418 g/mol. The van der Waals surface area contributed by atoms with Gasteiger partial charge in [-0.2, -0.15) is 5.10 Å². The minimum Gasteiger partial charge on any atom is -0.457 e. The first-order valence-electron chi connectivity index (χ1n) is 10.5. The van der Waals surface area contributed by atoms with Gasteiger partial charge in [0.05, 0.1) is 23.1 Å². The van der Waals surface area contributed by atoms with Gasteiger partial charge in [-0.1, -0.05) is 36.4 Å². The van der Waals surface area contributed by atoms with E-state index in [4.69, 9.17) is 9.72 Å². The Morgan fingerprint density at radius 3 is 2.47 bits per heavy atom. The standard InChI is InChI=1S/C27H22N4O/c1-2-15-28-22-8-6-7-20(16-22)25-17-21-18-29-31-27(21)26(30-25)19-11-13-24(14-12-19)32-23-9-4-3-5-10-23/h2-18,28H,1H3,(H,29,31). The van der Waals surface area contributed by atoms with Gasteiger partial charge in [0.25, 0.3) is 0 Å². The maximum Gasteiger partial charge on any atom is 0.127 e. The number of H-pyrrole nitrogens is 1. The van der Waals surface area contributed by atoms with Gasteiger partial charge in [0.15, 0.2) is 0 Å². The number of hydrogen-bond donors (Lipinski definition) is 2. The Hall–Kier alpha value is -4.38. The van der Waals surface area contributed by atoms with E-state index in [1.54, 1.807) is 0 Å². The molecule has 0 amide bonds. The first-order chi connectivity index (χ1) is 15.8. The SMILES string of the molecule is CC=CNc1cccc(-c2cc3cn[nH]c3c(-c3ccc(Oc4ccccc4)cc3)n2)c1. The maximum atomic E-state index is 5.93. The molecule has 5 aromatic rings. The smallest absolute Gasteiger partial charge is 0.127 e. The fourth-order valence-corrected chi connectivity index (χ4v) is 3.56. The van der Waals surface area contributed by atoms with Gasteiger partial charge in [-0.25, -0.2) is 4.98 Å². The summed E-state index contributed by atoms with van der Waals surface area (Å²) in [6.45, 7) is 1.98. The van der Waals surface area contributed by atoms with Crippen LogP contribution >= 0.6 is 0 Å². The Morgan fingerprint density at radius 1 is 0.844 bits per heavy atom. The van der Waals surface area contributed by atoms with E-state index in [1.807, 2.05) is 92.1 Å². The highest BCUT2D eigenvalue weighted by molar-refractivity contribution is 5.94. The Balaban J connectivity index is 1.51. The number of pyridine rings is 1. The number of rotatable bonds is 6. The van der Waals surface area contributed by atoms with Crippen LogP contribution in [0.5, 0.6) is 11.5 Å². The predicted octanol–water partition coefficient (Wildman–Crippen LogP) is 7.03.